The zero-order valence-electron chi connectivity index (χ0n) is 11.4. The van der Waals surface area contributed by atoms with Gasteiger partial charge in [-0.1, -0.05) is 12.1 Å². The molecule has 0 fully saturated rings. The number of halogens is 3. The molecule has 3 nitrogen and oxygen atoms in total. The number of rotatable bonds is 4. The summed E-state index contributed by atoms with van der Waals surface area (Å²) in [6, 6.07) is 8.19. The van der Waals surface area contributed by atoms with Gasteiger partial charge >= 0.3 is 6.18 Å². The molecule has 0 aliphatic heterocycles. The van der Waals surface area contributed by atoms with Crippen molar-refractivity contribution >= 4 is 0 Å². The first-order valence-corrected chi connectivity index (χ1v) is 6.40. The average Bonchev–Trinajstić information content (AvgIpc) is 2.45. The summed E-state index contributed by atoms with van der Waals surface area (Å²) in [4.78, 5) is 4.03. The average molecular weight is 296 g/mol. The lowest BCUT2D eigenvalue weighted by Gasteiger charge is -2.15. The maximum Gasteiger partial charge on any atom is 0.416 e. The molecule has 0 spiro atoms. The molecule has 1 unspecified atom stereocenters. The van der Waals surface area contributed by atoms with Gasteiger partial charge in [0.2, 0.25) is 0 Å². The first-order valence-electron chi connectivity index (χ1n) is 6.40. The van der Waals surface area contributed by atoms with Crippen molar-refractivity contribution in [2.24, 2.45) is 0 Å². The first-order chi connectivity index (χ1) is 9.86. The number of nitrogens with zero attached hydrogens (tertiary/aromatic N) is 1. The minimum Gasteiger partial charge on any atom is -0.506 e. The van der Waals surface area contributed by atoms with Crippen molar-refractivity contribution < 1.29 is 18.3 Å². The van der Waals surface area contributed by atoms with E-state index >= 15 is 0 Å². The number of alkyl halides is 3. The fourth-order valence-electron chi connectivity index (χ4n) is 1.86. The molecule has 0 aliphatic carbocycles. The van der Waals surface area contributed by atoms with Crippen LogP contribution >= 0.6 is 0 Å². The van der Waals surface area contributed by atoms with Gasteiger partial charge in [-0.25, -0.2) is 0 Å². The topological polar surface area (TPSA) is 45.1 Å². The summed E-state index contributed by atoms with van der Waals surface area (Å²) >= 11 is 0. The van der Waals surface area contributed by atoms with E-state index in [1.807, 2.05) is 6.92 Å². The van der Waals surface area contributed by atoms with Crippen LogP contribution in [0.15, 0.2) is 42.6 Å². The van der Waals surface area contributed by atoms with Crippen molar-refractivity contribution in [1.29, 1.82) is 0 Å². The van der Waals surface area contributed by atoms with Crippen LogP contribution in [-0.4, -0.2) is 10.1 Å². The second-order valence-corrected chi connectivity index (χ2v) is 4.73. The van der Waals surface area contributed by atoms with Crippen molar-refractivity contribution in [2.75, 3.05) is 0 Å². The SMILES string of the molecule is CC(NCc1ccc(O)cn1)c1ccc(C(F)(F)F)cc1. The summed E-state index contributed by atoms with van der Waals surface area (Å²) < 4.78 is 37.4. The maximum atomic E-state index is 12.5. The molecule has 1 heterocycles. The molecular weight excluding hydrogens is 281 g/mol. The smallest absolute Gasteiger partial charge is 0.416 e. The Morgan fingerprint density at radius 2 is 1.81 bits per heavy atom. The third kappa shape index (κ3) is 4.19. The second-order valence-electron chi connectivity index (χ2n) is 4.73. The van der Waals surface area contributed by atoms with Gasteiger partial charge in [-0.15, -0.1) is 0 Å². The van der Waals surface area contributed by atoms with E-state index < -0.39 is 11.7 Å². The Labute approximate surface area is 120 Å². The van der Waals surface area contributed by atoms with E-state index in [1.165, 1.54) is 24.4 Å². The van der Waals surface area contributed by atoms with Gasteiger partial charge < -0.3 is 10.4 Å². The number of benzene rings is 1. The van der Waals surface area contributed by atoms with Gasteiger partial charge in [-0.05, 0) is 36.8 Å². The highest BCUT2D eigenvalue weighted by molar-refractivity contribution is 5.26. The highest BCUT2D eigenvalue weighted by Gasteiger charge is 2.30. The van der Waals surface area contributed by atoms with E-state index in [0.29, 0.717) is 6.54 Å². The molecule has 0 aliphatic rings. The highest BCUT2D eigenvalue weighted by atomic mass is 19.4. The van der Waals surface area contributed by atoms with Crippen LogP contribution in [0.4, 0.5) is 13.2 Å². The van der Waals surface area contributed by atoms with Crippen molar-refractivity contribution in [1.82, 2.24) is 10.3 Å². The lowest BCUT2D eigenvalue weighted by molar-refractivity contribution is -0.137. The third-order valence-electron chi connectivity index (χ3n) is 3.14. The lowest BCUT2D eigenvalue weighted by Crippen LogP contribution is -2.18. The van der Waals surface area contributed by atoms with Crippen LogP contribution in [0.25, 0.3) is 0 Å². The Balaban J connectivity index is 1.97. The molecular formula is C15H15F3N2O. The number of aromatic hydroxyl groups is 1. The molecule has 0 bridgehead atoms. The molecule has 2 N–H and O–H groups in total. The number of hydrogen-bond acceptors (Lipinski definition) is 3. The molecule has 0 radical (unpaired) electrons. The Kier molecular flexibility index (Phi) is 4.47. The fourth-order valence-corrected chi connectivity index (χ4v) is 1.86. The monoisotopic (exact) mass is 296 g/mol. The molecule has 1 atom stereocenters. The Morgan fingerprint density at radius 3 is 2.33 bits per heavy atom. The number of hydrogen-bond donors (Lipinski definition) is 2. The lowest BCUT2D eigenvalue weighted by atomic mass is 10.1. The largest absolute Gasteiger partial charge is 0.506 e. The summed E-state index contributed by atoms with van der Waals surface area (Å²) in [5.41, 5.74) is 0.854. The van der Waals surface area contributed by atoms with Gasteiger partial charge in [0.05, 0.1) is 17.5 Å². The maximum absolute atomic E-state index is 12.5. The van der Waals surface area contributed by atoms with Gasteiger partial charge in [0, 0.05) is 12.6 Å². The molecule has 1 aromatic heterocycles. The number of aromatic nitrogens is 1. The molecule has 0 saturated heterocycles. The normalized spacial score (nSPS) is 13.1. The van der Waals surface area contributed by atoms with Gasteiger partial charge in [0.1, 0.15) is 5.75 Å². The minimum absolute atomic E-state index is 0.0922. The number of nitrogens with one attached hydrogen (secondary N) is 1. The van der Waals surface area contributed by atoms with Crippen molar-refractivity contribution in [3.63, 3.8) is 0 Å². The summed E-state index contributed by atoms with van der Waals surface area (Å²) in [5, 5.41) is 12.3. The first kappa shape index (κ1) is 15.3. The zero-order chi connectivity index (χ0) is 15.5. The number of pyridine rings is 1. The van der Waals surface area contributed by atoms with Crippen LogP contribution in [0.5, 0.6) is 5.75 Å². The third-order valence-corrected chi connectivity index (χ3v) is 3.14. The summed E-state index contributed by atoms with van der Waals surface area (Å²) in [6.45, 7) is 2.32. The minimum atomic E-state index is -4.31. The molecule has 0 amide bonds. The van der Waals surface area contributed by atoms with E-state index in [2.05, 4.69) is 10.3 Å². The molecule has 2 aromatic rings. The Hall–Kier alpha value is -2.08. The molecule has 2 rings (SSSR count). The van der Waals surface area contributed by atoms with Gasteiger partial charge in [0.15, 0.2) is 0 Å². The van der Waals surface area contributed by atoms with E-state index in [0.717, 1.165) is 23.4 Å². The van der Waals surface area contributed by atoms with Crippen LogP contribution < -0.4 is 5.32 Å². The quantitative estimate of drug-likeness (QED) is 0.905. The predicted octanol–water partition coefficient (Wildman–Crippen LogP) is 3.66. The van der Waals surface area contributed by atoms with E-state index in [9.17, 15) is 13.2 Å². The van der Waals surface area contributed by atoms with Gasteiger partial charge in [-0.3, -0.25) is 4.98 Å². The van der Waals surface area contributed by atoms with Crippen molar-refractivity contribution in [2.45, 2.75) is 25.7 Å². The van der Waals surface area contributed by atoms with Crippen molar-refractivity contribution in [3.05, 3.63) is 59.4 Å². The summed E-state index contributed by atoms with van der Waals surface area (Å²) in [5.74, 6) is 0.0922. The highest BCUT2D eigenvalue weighted by Crippen LogP contribution is 2.29. The molecule has 6 heteroatoms. The van der Waals surface area contributed by atoms with Crippen LogP contribution in [0, 0.1) is 0 Å². The van der Waals surface area contributed by atoms with E-state index in [1.54, 1.807) is 6.07 Å². The summed E-state index contributed by atoms with van der Waals surface area (Å²) in [6.07, 6.45) is -2.97. The van der Waals surface area contributed by atoms with Crippen LogP contribution in [0.3, 0.4) is 0 Å². The van der Waals surface area contributed by atoms with Crippen LogP contribution in [-0.2, 0) is 12.7 Å². The molecule has 0 saturated carbocycles. The molecule has 112 valence electrons. The van der Waals surface area contributed by atoms with E-state index in [4.69, 9.17) is 5.11 Å². The Bertz CT molecular complexity index is 579. The predicted molar refractivity (Wildman–Crippen MR) is 72.6 cm³/mol. The van der Waals surface area contributed by atoms with Crippen LogP contribution in [0.2, 0.25) is 0 Å². The standard InChI is InChI=1S/C15H15F3N2O/c1-10(19-8-13-6-7-14(21)9-20-13)11-2-4-12(5-3-11)15(16,17)18/h2-7,9-10,19,21H,8H2,1H3. The van der Waals surface area contributed by atoms with Gasteiger partial charge in [0.25, 0.3) is 0 Å². The van der Waals surface area contributed by atoms with E-state index in [-0.39, 0.29) is 11.8 Å². The zero-order valence-corrected chi connectivity index (χ0v) is 11.4. The van der Waals surface area contributed by atoms with Crippen LogP contribution in [0.1, 0.15) is 29.8 Å². The fraction of sp³-hybridized carbons (Fsp3) is 0.267. The second kappa shape index (κ2) is 6.13. The summed E-state index contributed by atoms with van der Waals surface area (Å²) in [7, 11) is 0. The van der Waals surface area contributed by atoms with Crippen molar-refractivity contribution in [3.8, 4) is 5.75 Å². The molecule has 21 heavy (non-hydrogen) atoms. The Morgan fingerprint density at radius 1 is 1.14 bits per heavy atom. The van der Waals surface area contributed by atoms with Gasteiger partial charge in [-0.2, -0.15) is 13.2 Å². The molecule has 1 aromatic carbocycles.